The van der Waals surface area contributed by atoms with Gasteiger partial charge in [-0.15, -0.1) is 0 Å². The molecule has 0 saturated heterocycles. The number of ether oxygens (including phenoxy) is 1. The fourth-order valence-corrected chi connectivity index (χ4v) is 2.69. The first kappa shape index (κ1) is 16.3. The molecule has 0 amide bonds. The third-order valence-corrected chi connectivity index (χ3v) is 3.81. The minimum absolute atomic E-state index is 0.0592. The first-order valence-corrected chi connectivity index (χ1v) is 7.36. The quantitative estimate of drug-likeness (QED) is 0.541. The van der Waals surface area contributed by atoms with E-state index in [-0.39, 0.29) is 22.6 Å². The molecule has 0 unspecified atom stereocenters. The molecule has 25 heavy (non-hydrogen) atoms. The number of rotatable bonds is 5. The second kappa shape index (κ2) is 6.48. The zero-order valence-corrected chi connectivity index (χ0v) is 13.2. The predicted octanol–water partition coefficient (Wildman–Crippen LogP) is 3.96. The van der Waals surface area contributed by atoms with Crippen molar-refractivity contribution in [1.29, 1.82) is 0 Å². The molecule has 0 aliphatic carbocycles. The lowest BCUT2D eigenvalue weighted by Gasteiger charge is -2.03. The molecule has 0 aliphatic heterocycles. The summed E-state index contributed by atoms with van der Waals surface area (Å²) in [5.41, 5.74) is 0.671. The van der Waals surface area contributed by atoms with E-state index in [0.717, 1.165) is 0 Å². The van der Waals surface area contributed by atoms with Gasteiger partial charge in [0.05, 0.1) is 17.6 Å². The molecule has 3 rings (SSSR count). The lowest BCUT2D eigenvalue weighted by atomic mass is 10.0. The van der Waals surface area contributed by atoms with Crippen molar-refractivity contribution in [1.82, 2.24) is 4.98 Å². The molecule has 1 heterocycles. The van der Waals surface area contributed by atoms with Crippen LogP contribution in [-0.2, 0) is 0 Å². The van der Waals surface area contributed by atoms with Crippen LogP contribution in [0.5, 0.6) is 5.75 Å². The SMILES string of the molecule is COc1ccc(-c2[nH]c(C(=O)O)c(-c3ccccc3)c2[N+](=O)[O-])cc1. The molecule has 0 fully saturated rings. The van der Waals surface area contributed by atoms with Crippen molar-refractivity contribution in [2.24, 2.45) is 0 Å². The highest BCUT2D eigenvalue weighted by atomic mass is 16.6. The summed E-state index contributed by atoms with van der Waals surface area (Å²) in [6.07, 6.45) is 0. The summed E-state index contributed by atoms with van der Waals surface area (Å²) < 4.78 is 5.08. The minimum atomic E-state index is -1.26. The summed E-state index contributed by atoms with van der Waals surface area (Å²) in [7, 11) is 1.52. The van der Waals surface area contributed by atoms with Gasteiger partial charge < -0.3 is 14.8 Å². The zero-order valence-electron chi connectivity index (χ0n) is 13.2. The van der Waals surface area contributed by atoms with E-state index in [1.54, 1.807) is 54.6 Å². The first-order valence-electron chi connectivity index (χ1n) is 7.36. The summed E-state index contributed by atoms with van der Waals surface area (Å²) in [6.45, 7) is 0. The maximum atomic E-state index is 11.7. The van der Waals surface area contributed by atoms with Gasteiger partial charge in [-0.3, -0.25) is 10.1 Å². The van der Waals surface area contributed by atoms with Gasteiger partial charge in [0.15, 0.2) is 0 Å². The van der Waals surface area contributed by atoms with E-state index in [2.05, 4.69) is 4.98 Å². The van der Waals surface area contributed by atoms with Crippen LogP contribution in [0.2, 0.25) is 0 Å². The first-order chi connectivity index (χ1) is 12.0. The maximum Gasteiger partial charge on any atom is 0.353 e. The van der Waals surface area contributed by atoms with Crippen LogP contribution in [0, 0.1) is 10.1 Å². The van der Waals surface area contributed by atoms with Gasteiger partial charge in [-0.1, -0.05) is 30.3 Å². The van der Waals surface area contributed by atoms with Gasteiger partial charge >= 0.3 is 11.7 Å². The summed E-state index contributed by atoms with van der Waals surface area (Å²) >= 11 is 0. The number of H-pyrrole nitrogens is 1. The molecule has 7 nitrogen and oxygen atoms in total. The Morgan fingerprint density at radius 2 is 1.72 bits per heavy atom. The fourth-order valence-electron chi connectivity index (χ4n) is 2.69. The van der Waals surface area contributed by atoms with Crippen LogP contribution in [0.25, 0.3) is 22.4 Å². The number of aromatic amines is 1. The Kier molecular flexibility index (Phi) is 4.21. The average Bonchev–Trinajstić information content (AvgIpc) is 3.03. The number of hydrogen-bond acceptors (Lipinski definition) is 4. The lowest BCUT2D eigenvalue weighted by Crippen LogP contribution is -1.99. The number of carboxylic acid groups (broad SMARTS) is 1. The molecule has 0 spiro atoms. The van der Waals surface area contributed by atoms with Gasteiger partial charge in [-0.05, 0) is 29.8 Å². The number of nitrogens with one attached hydrogen (secondary N) is 1. The Labute approximate surface area is 142 Å². The smallest absolute Gasteiger partial charge is 0.353 e. The zero-order chi connectivity index (χ0) is 18.0. The number of benzene rings is 2. The van der Waals surface area contributed by atoms with Crippen molar-refractivity contribution in [3.05, 3.63) is 70.4 Å². The second-order valence-corrected chi connectivity index (χ2v) is 5.26. The molecular formula is C18H14N2O5. The van der Waals surface area contributed by atoms with Crippen molar-refractivity contribution in [2.75, 3.05) is 7.11 Å². The van der Waals surface area contributed by atoms with Gasteiger partial charge in [-0.2, -0.15) is 0 Å². The Balaban J connectivity index is 2.29. The molecule has 0 bridgehead atoms. The van der Waals surface area contributed by atoms with Crippen molar-refractivity contribution < 1.29 is 19.6 Å². The number of nitro groups is 1. The van der Waals surface area contributed by atoms with Crippen molar-refractivity contribution in [2.45, 2.75) is 0 Å². The molecule has 0 radical (unpaired) electrons. The molecule has 0 atom stereocenters. The number of nitrogens with zero attached hydrogens (tertiary/aromatic N) is 1. The molecule has 0 aliphatic rings. The number of aromatic nitrogens is 1. The Hall–Kier alpha value is -3.61. The Bertz CT molecular complexity index is 930. The minimum Gasteiger partial charge on any atom is -0.497 e. The van der Waals surface area contributed by atoms with Crippen LogP contribution >= 0.6 is 0 Å². The van der Waals surface area contributed by atoms with E-state index in [0.29, 0.717) is 16.9 Å². The van der Waals surface area contributed by atoms with E-state index < -0.39 is 10.9 Å². The van der Waals surface area contributed by atoms with E-state index in [4.69, 9.17) is 4.74 Å². The topological polar surface area (TPSA) is 105 Å². The molecular weight excluding hydrogens is 324 g/mol. The number of methoxy groups -OCH3 is 1. The van der Waals surface area contributed by atoms with E-state index >= 15 is 0 Å². The molecule has 7 heteroatoms. The van der Waals surface area contributed by atoms with E-state index in [9.17, 15) is 20.0 Å². The maximum absolute atomic E-state index is 11.7. The largest absolute Gasteiger partial charge is 0.497 e. The summed E-state index contributed by atoms with van der Waals surface area (Å²) in [6, 6.07) is 15.0. The standard InChI is InChI=1S/C18H14N2O5/c1-25-13-9-7-12(8-10-13)15-17(20(23)24)14(16(19-15)18(21)22)11-5-3-2-4-6-11/h2-10,19H,1H3,(H,21,22). The van der Waals surface area contributed by atoms with Crippen molar-refractivity contribution in [3.63, 3.8) is 0 Å². The molecule has 2 aromatic carbocycles. The summed E-state index contributed by atoms with van der Waals surface area (Å²) in [5, 5.41) is 21.2. The van der Waals surface area contributed by atoms with Crippen molar-refractivity contribution >= 4 is 11.7 Å². The normalized spacial score (nSPS) is 10.4. The monoisotopic (exact) mass is 338 g/mol. The van der Waals surface area contributed by atoms with Crippen LogP contribution in [0.4, 0.5) is 5.69 Å². The number of aromatic carboxylic acids is 1. The predicted molar refractivity (Wildman–Crippen MR) is 91.8 cm³/mol. The van der Waals surface area contributed by atoms with Gasteiger partial charge in [0.25, 0.3) is 0 Å². The summed E-state index contributed by atoms with van der Waals surface area (Å²) in [5.74, 6) is -0.665. The fraction of sp³-hybridized carbons (Fsp3) is 0.0556. The van der Waals surface area contributed by atoms with Gasteiger partial charge in [0, 0.05) is 5.56 Å². The van der Waals surface area contributed by atoms with Crippen LogP contribution in [-0.4, -0.2) is 28.1 Å². The Morgan fingerprint density at radius 3 is 2.24 bits per heavy atom. The van der Waals surface area contributed by atoms with Gasteiger partial charge in [0.1, 0.15) is 17.1 Å². The van der Waals surface area contributed by atoms with Crippen LogP contribution in [0.15, 0.2) is 54.6 Å². The molecule has 2 N–H and O–H groups in total. The number of carbonyl (C=O) groups is 1. The lowest BCUT2D eigenvalue weighted by molar-refractivity contribution is -0.383. The molecule has 1 aromatic heterocycles. The highest BCUT2D eigenvalue weighted by Crippen LogP contribution is 2.41. The van der Waals surface area contributed by atoms with Gasteiger partial charge in [0.2, 0.25) is 0 Å². The summed E-state index contributed by atoms with van der Waals surface area (Å²) in [4.78, 5) is 25.5. The Morgan fingerprint density at radius 1 is 1.08 bits per heavy atom. The third-order valence-electron chi connectivity index (χ3n) is 3.81. The number of carboxylic acids is 1. The van der Waals surface area contributed by atoms with Crippen LogP contribution in [0.1, 0.15) is 10.5 Å². The van der Waals surface area contributed by atoms with Crippen LogP contribution < -0.4 is 4.74 Å². The third kappa shape index (κ3) is 2.94. The van der Waals surface area contributed by atoms with Crippen molar-refractivity contribution in [3.8, 4) is 28.1 Å². The number of hydrogen-bond donors (Lipinski definition) is 2. The van der Waals surface area contributed by atoms with Gasteiger partial charge in [-0.25, -0.2) is 4.79 Å². The van der Waals surface area contributed by atoms with E-state index in [1.165, 1.54) is 7.11 Å². The van der Waals surface area contributed by atoms with E-state index in [1.807, 2.05) is 0 Å². The highest BCUT2D eigenvalue weighted by molar-refractivity contribution is 6.01. The molecule has 0 saturated carbocycles. The van der Waals surface area contributed by atoms with Crippen LogP contribution in [0.3, 0.4) is 0 Å². The highest BCUT2D eigenvalue weighted by Gasteiger charge is 2.31. The molecule has 126 valence electrons. The molecule has 3 aromatic rings. The second-order valence-electron chi connectivity index (χ2n) is 5.26. The average molecular weight is 338 g/mol.